The molecule has 4 heteroatoms. The van der Waals surface area contributed by atoms with Crippen LogP contribution in [0.4, 0.5) is 4.79 Å². The fraction of sp³-hybridized carbons (Fsp3) is 0.261. The van der Waals surface area contributed by atoms with Gasteiger partial charge in [-0.25, -0.2) is 4.79 Å². The van der Waals surface area contributed by atoms with Gasteiger partial charge in [0.25, 0.3) is 0 Å². The van der Waals surface area contributed by atoms with Crippen molar-refractivity contribution in [1.29, 1.82) is 0 Å². The summed E-state index contributed by atoms with van der Waals surface area (Å²) in [5.41, 5.74) is 5.92. The highest BCUT2D eigenvalue weighted by molar-refractivity contribution is 5.75. The second-order valence-electron chi connectivity index (χ2n) is 7.23. The third kappa shape index (κ3) is 3.47. The zero-order valence-corrected chi connectivity index (χ0v) is 15.9. The molecule has 3 aromatic rings. The monoisotopic (exact) mass is 359 g/mol. The topological polar surface area (TPSA) is 37.3 Å². The van der Waals surface area contributed by atoms with E-state index in [-0.39, 0.29) is 12.1 Å². The van der Waals surface area contributed by atoms with Gasteiger partial charge in [-0.15, -0.1) is 0 Å². The lowest BCUT2D eigenvalue weighted by atomic mass is 9.94. The Labute approximate surface area is 160 Å². The molecule has 1 aliphatic rings. The number of rotatable bonds is 3. The third-order valence-electron chi connectivity index (χ3n) is 5.31. The summed E-state index contributed by atoms with van der Waals surface area (Å²) in [7, 11) is 0. The maximum absolute atomic E-state index is 13.1. The average Bonchev–Trinajstić information content (AvgIpc) is 3.15. The minimum Gasteiger partial charge on any atom is -0.348 e. The van der Waals surface area contributed by atoms with E-state index in [9.17, 15) is 4.79 Å². The minimum atomic E-state index is -0.0647. The Balaban J connectivity index is 1.63. The lowest BCUT2D eigenvalue weighted by Crippen LogP contribution is -2.47. The van der Waals surface area contributed by atoms with E-state index in [0.717, 1.165) is 12.1 Å². The number of aromatic nitrogens is 1. The van der Waals surface area contributed by atoms with Crippen LogP contribution in [0.1, 0.15) is 34.0 Å². The largest absolute Gasteiger partial charge is 0.348 e. The van der Waals surface area contributed by atoms with Crippen LogP contribution in [0.3, 0.4) is 0 Å². The molecule has 0 unspecified atom stereocenters. The SMILES string of the molecule is Cc1ccc([C@H]2c3cccn3CCN2C(=O)NCc2ccccc2)c(C)c1. The molecule has 0 bridgehead atoms. The van der Waals surface area contributed by atoms with Gasteiger partial charge in [0.05, 0.1) is 6.04 Å². The quantitative estimate of drug-likeness (QED) is 0.738. The van der Waals surface area contributed by atoms with Gasteiger partial charge in [-0.2, -0.15) is 0 Å². The highest BCUT2D eigenvalue weighted by Gasteiger charge is 2.32. The lowest BCUT2D eigenvalue weighted by molar-refractivity contribution is 0.168. The van der Waals surface area contributed by atoms with Crippen molar-refractivity contribution in [3.05, 3.63) is 94.8 Å². The lowest BCUT2D eigenvalue weighted by Gasteiger charge is -2.38. The van der Waals surface area contributed by atoms with E-state index in [1.165, 1.54) is 22.4 Å². The Morgan fingerprint density at radius 1 is 1.04 bits per heavy atom. The fourth-order valence-corrected chi connectivity index (χ4v) is 3.94. The molecule has 2 aromatic carbocycles. The van der Waals surface area contributed by atoms with E-state index in [4.69, 9.17) is 0 Å². The fourth-order valence-electron chi connectivity index (χ4n) is 3.94. The van der Waals surface area contributed by atoms with Crippen molar-refractivity contribution in [3.63, 3.8) is 0 Å². The summed E-state index contributed by atoms with van der Waals surface area (Å²) in [5.74, 6) is 0. The molecule has 0 saturated heterocycles. The average molecular weight is 359 g/mol. The van der Waals surface area contributed by atoms with Crippen molar-refractivity contribution in [3.8, 4) is 0 Å². The normalized spacial score (nSPS) is 16.1. The predicted octanol–water partition coefficient (Wildman–Crippen LogP) is 4.42. The highest BCUT2D eigenvalue weighted by atomic mass is 16.2. The van der Waals surface area contributed by atoms with Crippen LogP contribution >= 0.6 is 0 Å². The molecule has 2 heterocycles. The first-order valence-corrected chi connectivity index (χ1v) is 9.44. The Morgan fingerprint density at radius 2 is 1.85 bits per heavy atom. The molecule has 2 amide bonds. The van der Waals surface area contributed by atoms with Crippen LogP contribution in [0.25, 0.3) is 0 Å². The summed E-state index contributed by atoms with van der Waals surface area (Å²) in [5, 5.41) is 3.10. The van der Waals surface area contributed by atoms with E-state index < -0.39 is 0 Å². The minimum absolute atomic E-state index is 0.0173. The molecular weight excluding hydrogens is 334 g/mol. The maximum atomic E-state index is 13.1. The van der Waals surface area contributed by atoms with Crippen LogP contribution in [0.15, 0.2) is 66.9 Å². The Kier molecular flexibility index (Phi) is 4.71. The smallest absolute Gasteiger partial charge is 0.318 e. The summed E-state index contributed by atoms with van der Waals surface area (Å²) in [6.07, 6.45) is 2.10. The van der Waals surface area contributed by atoms with E-state index in [2.05, 4.69) is 60.3 Å². The van der Waals surface area contributed by atoms with Gasteiger partial charge in [0, 0.05) is 31.5 Å². The van der Waals surface area contributed by atoms with E-state index in [1.807, 2.05) is 35.2 Å². The third-order valence-corrected chi connectivity index (χ3v) is 5.31. The molecule has 1 atom stereocenters. The van der Waals surface area contributed by atoms with Crippen molar-refractivity contribution >= 4 is 6.03 Å². The van der Waals surface area contributed by atoms with Gasteiger partial charge in [0.15, 0.2) is 0 Å². The molecule has 1 aromatic heterocycles. The number of fused-ring (bicyclic) bond motifs is 1. The number of hydrogen-bond donors (Lipinski definition) is 1. The second-order valence-corrected chi connectivity index (χ2v) is 7.23. The van der Waals surface area contributed by atoms with Crippen LogP contribution in [0.5, 0.6) is 0 Å². The maximum Gasteiger partial charge on any atom is 0.318 e. The molecule has 0 aliphatic carbocycles. The van der Waals surface area contributed by atoms with Crippen LogP contribution < -0.4 is 5.32 Å². The van der Waals surface area contributed by atoms with E-state index in [0.29, 0.717) is 13.1 Å². The van der Waals surface area contributed by atoms with E-state index >= 15 is 0 Å². The molecule has 1 N–H and O–H groups in total. The number of aryl methyl sites for hydroxylation is 2. The molecule has 0 radical (unpaired) electrons. The van der Waals surface area contributed by atoms with Gasteiger partial charge in [-0.3, -0.25) is 0 Å². The Morgan fingerprint density at radius 3 is 2.63 bits per heavy atom. The van der Waals surface area contributed by atoms with Gasteiger partial charge >= 0.3 is 6.03 Å². The zero-order chi connectivity index (χ0) is 18.8. The van der Waals surface area contributed by atoms with E-state index in [1.54, 1.807) is 0 Å². The van der Waals surface area contributed by atoms with Crippen LogP contribution in [0, 0.1) is 13.8 Å². The van der Waals surface area contributed by atoms with Crippen molar-refractivity contribution in [2.75, 3.05) is 6.54 Å². The van der Waals surface area contributed by atoms with Crippen molar-refractivity contribution in [2.45, 2.75) is 33.0 Å². The number of hydrogen-bond acceptors (Lipinski definition) is 1. The molecule has 4 nitrogen and oxygen atoms in total. The zero-order valence-electron chi connectivity index (χ0n) is 15.9. The number of nitrogens with zero attached hydrogens (tertiary/aromatic N) is 2. The van der Waals surface area contributed by atoms with Gasteiger partial charge in [-0.05, 0) is 42.7 Å². The highest BCUT2D eigenvalue weighted by Crippen LogP contribution is 2.34. The van der Waals surface area contributed by atoms with Crippen molar-refractivity contribution in [1.82, 2.24) is 14.8 Å². The number of benzene rings is 2. The number of carbonyl (C=O) groups excluding carboxylic acids is 1. The molecular formula is C23H25N3O. The van der Waals surface area contributed by atoms with Crippen LogP contribution in [0.2, 0.25) is 0 Å². The van der Waals surface area contributed by atoms with Crippen LogP contribution in [-0.2, 0) is 13.1 Å². The number of nitrogens with one attached hydrogen (secondary N) is 1. The van der Waals surface area contributed by atoms with Gasteiger partial charge in [0.1, 0.15) is 0 Å². The summed E-state index contributed by atoms with van der Waals surface area (Å²) in [6.45, 7) is 6.29. The van der Waals surface area contributed by atoms with Crippen LogP contribution in [-0.4, -0.2) is 22.0 Å². The standard InChI is InChI=1S/C23H25N3O/c1-17-10-11-20(18(2)15-17)22-21-9-6-12-25(21)13-14-26(22)23(27)24-16-19-7-4-3-5-8-19/h3-12,15,22H,13-14,16H2,1-2H3,(H,24,27)/t22-/m0/s1. The first kappa shape index (κ1) is 17.4. The molecule has 0 spiro atoms. The number of amides is 2. The number of urea groups is 1. The summed E-state index contributed by atoms with van der Waals surface area (Å²) < 4.78 is 2.25. The van der Waals surface area contributed by atoms with Crippen molar-refractivity contribution < 1.29 is 4.79 Å². The first-order chi connectivity index (χ1) is 13.1. The number of carbonyl (C=O) groups is 1. The Bertz CT molecular complexity index is 945. The molecule has 1 aliphatic heterocycles. The van der Waals surface area contributed by atoms with Crippen molar-refractivity contribution in [2.24, 2.45) is 0 Å². The first-order valence-electron chi connectivity index (χ1n) is 9.44. The summed E-state index contributed by atoms with van der Waals surface area (Å²) in [6, 6.07) is 20.6. The molecule has 138 valence electrons. The molecule has 27 heavy (non-hydrogen) atoms. The second kappa shape index (κ2) is 7.31. The molecule has 4 rings (SSSR count). The predicted molar refractivity (Wildman–Crippen MR) is 108 cm³/mol. The summed E-state index contributed by atoms with van der Waals surface area (Å²) >= 11 is 0. The summed E-state index contributed by atoms with van der Waals surface area (Å²) in [4.78, 5) is 15.0. The van der Waals surface area contributed by atoms with Gasteiger partial charge in [0.2, 0.25) is 0 Å². The molecule has 0 fully saturated rings. The molecule has 0 saturated carbocycles. The Hall–Kier alpha value is -3.01. The van der Waals surface area contributed by atoms with Gasteiger partial charge < -0.3 is 14.8 Å². The van der Waals surface area contributed by atoms with Gasteiger partial charge in [-0.1, -0.05) is 54.1 Å².